The molecule has 0 amide bonds. The molecule has 1 aromatic rings. The first kappa shape index (κ1) is 11.8. The molecule has 0 saturated carbocycles. The van der Waals surface area contributed by atoms with E-state index in [9.17, 15) is 10.1 Å². The van der Waals surface area contributed by atoms with Gasteiger partial charge in [-0.25, -0.2) is 0 Å². The van der Waals surface area contributed by atoms with Crippen LogP contribution in [0.4, 0.5) is 5.69 Å². The lowest BCUT2D eigenvalue weighted by Gasteiger charge is -2.19. The highest BCUT2D eigenvalue weighted by molar-refractivity contribution is 5.35. The van der Waals surface area contributed by atoms with Gasteiger partial charge in [-0.05, 0) is 25.3 Å². The molecule has 1 aliphatic carbocycles. The molecule has 0 spiro atoms. The molecule has 0 heterocycles. The first-order chi connectivity index (χ1) is 8.16. The van der Waals surface area contributed by atoms with Crippen LogP contribution in [0.25, 0.3) is 0 Å². The Morgan fingerprint density at radius 2 is 2.12 bits per heavy atom. The fourth-order valence-corrected chi connectivity index (χ4v) is 2.11. The van der Waals surface area contributed by atoms with Crippen molar-refractivity contribution in [3.63, 3.8) is 0 Å². The molecule has 4 heteroatoms. The summed E-state index contributed by atoms with van der Waals surface area (Å²) >= 11 is 0. The molecule has 0 aromatic heterocycles. The molecular formula is C13H16N2O2. The molecular weight excluding hydrogens is 216 g/mol. The zero-order valence-corrected chi connectivity index (χ0v) is 9.80. The first-order valence-corrected chi connectivity index (χ1v) is 5.82. The van der Waals surface area contributed by atoms with Crippen molar-refractivity contribution in [3.05, 3.63) is 52.1 Å². The van der Waals surface area contributed by atoms with Gasteiger partial charge >= 0.3 is 0 Å². The van der Waals surface area contributed by atoms with Crippen molar-refractivity contribution in [2.75, 3.05) is 0 Å². The second-order valence-electron chi connectivity index (χ2n) is 4.38. The Bertz CT molecular complexity index is 435. The first-order valence-electron chi connectivity index (χ1n) is 5.82. The summed E-state index contributed by atoms with van der Waals surface area (Å²) in [4.78, 5) is 10.3. The van der Waals surface area contributed by atoms with Gasteiger partial charge < -0.3 is 5.32 Å². The maximum absolute atomic E-state index is 10.7. The molecule has 1 atom stereocenters. The lowest BCUT2D eigenvalue weighted by molar-refractivity contribution is -0.384. The average molecular weight is 232 g/mol. The second-order valence-corrected chi connectivity index (χ2v) is 4.38. The summed E-state index contributed by atoms with van der Waals surface area (Å²) in [5, 5.41) is 14.2. The van der Waals surface area contributed by atoms with Crippen molar-refractivity contribution in [2.45, 2.75) is 31.8 Å². The third-order valence-electron chi connectivity index (χ3n) is 3.07. The van der Waals surface area contributed by atoms with E-state index >= 15 is 0 Å². The largest absolute Gasteiger partial charge is 0.307 e. The average Bonchev–Trinajstić information content (AvgIpc) is 2.82. The number of non-ortho nitro benzene ring substituents is 1. The van der Waals surface area contributed by atoms with E-state index < -0.39 is 0 Å². The summed E-state index contributed by atoms with van der Waals surface area (Å²) in [6.45, 7) is 2.04. The molecule has 0 aliphatic heterocycles. The lowest BCUT2D eigenvalue weighted by Crippen LogP contribution is -2.29. The van der Waals surface area contributed by atoms with Gasteiger partial charge in [-0.3, -0.25) is 10.1 Å². The second kappa shape index (κ2) is 5.10. The minimum atomic E-state index is -0.354. The zero-order chi connectivity index (χ0) is 12.3. The molecule has 1 N–H and O–H groups in total. The number of hydrogen-bond acceptors (Lipinski definition) is 3. The lowest BCUT2D eigenvalue weighted by atomic mass is 10.1. The van der Waals surface area contributed by atoms with Crippen LogP contribution < -0.4 is 5.32 Å². The number of nitrogens with zero attached hydrogens (tertiary/aromatic N) is 1. The van der Waals surface area contributed by atoms with Crippen LogP contribution in [0.3, 0.4) is 0 Å². The Morgan fingerprint density at radius 1 is 1.41 bits per heavy atom. The third kappa shape index (κ3) is 2.91. The van der Waals surface area contributed by atoms with Crippen LogP contribution >= 0.6 is 0 Å². The fourth-order valence-electron chi connectivity index (χ4n) is 2.11. The number of rotatable bonds is 4. The predicted molar refractivity (Wildman–Crippen MR) is 66.8 cm³/mol. The number of hydrogen-bond donors (Lipinski definition) is 1. The summed E-state index contributed by atoms with van der Waals surface area (Å²) in [7, 11) is 0. The van der Waals surface area contributed by atoms with Crippen LogP contribution in [0.2, 0.25) is 0 Å². The molecule has 1 aromatic carbocycles. The number of nitro benzene ring substituents is 1. The molecule has 4 nitrogen and oxygen atoms in total. The maximum Gasteiger partial charge on any atom is 0.269 e. The molecule has 2 rings (SSSR count). The number of benzene rings is 1. The van der Waals surface area contributed by atoms with Gasteiger partial charge in [0.05, 0.1) is 4.92 Å². The van der Waals surface area contributed by atoms with Crippen LogP contribution in [0, 0.1) is 10.1 Å². The summed E-state index contributed by atoms with van der Waals surface area (Å²) in [5.74, 6) is 0. The van der Waals surface area contributed by atoms with Crippen molar-refractivity contribution in [1.29, 1.82) is 0 Å². The summed E-state index contributed by atoms with van der Waals surface area (Å²) in [6.07, 6.45) is 6.41. The van der Waals surface area contributed by atoms with E-state index in [0.717, 1.165) is 18.4 Å². The van der Waals surface area contributed by atoms with Gasteiger partial charge in [-0.2, -0.15) is 0 Å². The van der Waals surface area contributed by atoms with E-state index in [0.29, 0.717) is 6.04 Å². The smallest absolute Gasteiger partial charge is 0.269 e. The number of nitrogens with one attached hydrogen (secondary N) is 1. The standard InChI is InChI=1S/C13H16N2O2/c1-10(14-12-6-2-3-7-12)11-5-4-8-13(9-11)15(16)17/h2-5,8-10,12,14H,6-7H2,1H3. The van der Waals surface area contributed by atoms with Crippen molar-refractivity contribution in [2.24, 2.45) is 0 Å². The van der Waals surface area contributed by atoms with E-state index in [4.69, 9.17) is 0 Å². The van der Waals surface area contributed by atoms with Crippen LogP contribution in [0.1, 0.15) is 31.4 Å². The van der Waals surface area contributed by atoms with Gasteiger partial charge in [0, 0.05) is 24.2 Å². The van der Waals surface area contributed by atoms with Crippen LogP contribution in [-0.2, 0) is 0 Å². The van der Waals surface area contributed by atoms with Gasteiger partial charge in [-0.15, -0.1) is 0 Å². The Kier molecular flexibility index (Phi) is 3.54. The summed E-state index contributed by atoms with van der Waals surface area (Å²) in [5.41, 5.74) is 1.12. The van der Waals surface area contributed by atoms with Crippen molar-refractivity contribution >= 4 is 5.69 Å². The minimum Gasteiger partial charge on any atom is -0.307 e. The van der Waals surface area contributed by atoms with Gasteiger partial charge in [0.1, 0.15) is 0 Å². The van der Waals surface area contributed by atoms with E-state index in [1.165, 1.54) is 6.07 Å². The minimum absolute atomic E-state index is 0.139. The van der Waals surface area contributed by atoms with Gasteiger partial charge in [0.2, 0.25) is 0 Å². The molecule has 1 aliphatic rings. The SMILES string of the molecule is CC(NC1CC=CC1)c1cccc([N+](=O)[O-])c1. The fraction of sp³-hybridized carbons (Fsp3) is 0.385. The molecule has 0 fully saturated rings. The van der Waals surface area contributed by atoms with E-state index in [-0.39, 0.29) is 16.7 Å². The topological polar surface area (TPSA) is 55.2 Å². The summed E-state index contributed by atoms with van der Waals surface area (Å²) in [6, 6.07) is 7.42. The molecule has 0 bridgehead atoms. The normalized spacial score (nSPS) is 17.2. The van der Waals surface area contributed by atoms with E-state index in [2.05, 4.69) is 17.5 Å². The highest BCUT2D eigenvalue weighted by Gasteiger charge is 2.15. The van der Waals surface area contributed by atoms with Crippen molar-refractivity contribution in [3.8, 4) is 0 Å². The predicted octanol–water partition coefficient (Wildman–Crippen LogP) is 2.96. The van der Waals surface area contributed by atoms with Gasteiger partial charge in [-0.1, -0.05) is 24.3 Å². The Balaban J connectivity index is 2.05. The number of nitro groups is 1. The monoisotopic (exact) mass is 232 g/mol. The van der Waals surface area contributed by atoms with Gasteiger partial charge in [0.25, 0.3) is 5.69 Å². The molecule has 0 saturated heterocycles. The highest BCUT2D eigenvalue weighted by atomic mass is 16.6. The Hall–Kier alpha value is -1.68. The molecule has 1 unspecified atom stereocenters. The van der Waals surface area contributed by atoms with Gasteiger partial charge in [0.15, 0.2) is 0 Å². The maximum atomic E-state index is 10.7. The van der Waals surface area contributed by atoms with E-state index in [1.807, 2.05) is 13.0 Å². The van der Waals surface area contributed by atoms with Crippen molar-refractivity contribution in [1.82, 2.24) is 5.32 Å². The van der Waals surface area contributed by atoms with E-state index in [1.54, 1.807) is 12.1 Å². The molecule has 17 heavy (non-hydrogen) atoms. The van der Waals surface area contributed by atoms with Crippen LogP contribution in [0.15, 0.2) is 36.4 Å². The Morgan fingerprint density at radius 3 is 2.76 bits per heavy atom. The highest BCUT2D eigenvalue weighted by Crippen LogP contribution is 2.21. The summed E-state index contributed by atoms with van der Waals surface area (Å²) < 4.78 is 0. The Labute approximate surface area is 100 Å². The zero-order valence-electron chi connectivity index (χ0n) is 9.80. The van der Waals surface area contributed by atoms with Crippen molar-refractivity contribution < 1.29 is 4.92 Å². The van der Waals surface area contributed by atoms with Crippen LogP contribution in [0.5, 0.6) is 0 Å². The van der Waals surface area contributed by atoms with Crippen LogP contribution in [-0.4, -0.2) is 11.0 Å². The molecule has 0 radical (unpaired) electrons. The third-order valence-corrected chi connectivity index (χ3v) is 3.07. The quantitative estimate of drug-likeness (QED) is 0.493. The molecule has 90 valence electrons.